The predicted octanol–water partition coefficient (Wildman–Crippen LogP) is 3.71. The number of methoxy groups -OCH3 is 2. The molecular weight excluding hydrogens is 316 g/mol. The molecular formula is C20H26N2O3. The van der Waals surface area contributed by atoms with E-state index in [0.29, 0.717) is 19.4 Å². The van der Waals surface area contributed by atoms with Gasteiger partial charge in [-0.3, -0.25) is 4.79 Å². The molecule has 0 heterocycles. The van der Waals surface area contributed by atoms with Crippen LogP contribution in [0.25, 0.3) is 0 Å². The first kappa shape index (κ1) is 18.8. The monoisotopic (exact) mass is 342 g/mol. The Morgan fingerprint density at radius 2 is 1.84 bits per heavy atom. The molecule has 0 saturated carbocycles. The number of hydrogen-bond acceptors (Lipinski definition) is 4. The zero-order chi connectivity index (χ0) is 18.1. The number of carbonyl (C=O) groups is 1. The van der Waals surface area contributed by atoms with E-state index in [1.165, 1.54) is 0 Å². The molecule has 0 aromatic heterocycles. The number of para-hydroxylation sites is 2. The second kappa shape index (κ2) is 9.69. The highest BCUT2D eigenvalue weighted by atomic mass is 16.5. The molecule has 0 aliphatic rings. The van der Waals surface area contributed by atoms with Gasteiger partial charge < -0.3 is 20.1 Å². The van der Waals surface area contributed by atoms with E-state index < -0.39 is 0 Å². The van der Waals surface area contributed by atoms with Crippen LogP contribution in [-0.4, -0.2) is 32.8 Å². The Balaban J connectivity index is 1.93. The first-order chi connectivity index (χ1) is 12.1. The molecule has 0 unspecified atom stereocenters. The maximum atomic E-state index is 12.3. The maximum absolute atomic E-state index is 12.3. The molecule has 0 radical (unpaired) electrons. The Labute approximate surface area is 149 Å². The number of rotatable bonds is 9. The number of hydrogen-bond donors (Lipinski definition) is 2. The zero-order valence-electron chi connectivity index (χ0n) is 15.0. The molecule has 1 atom stereocenters. The Morgan fingerprint density at radius 1 is 1.08 bits per heavy atom. The minimum atomic E-state index is -0.0172. The summed E-state index contributed by atoms with van der Waals surface area (Å²) in [5, 5.41) is 6.33. The lowest BCUT2D eigenvalue weighted by atomic mass is 10.1. The smallest absolute Gasteiger partial charge is 0.224 e. The molecule has 25 heavy (non-hydrogen) atoms. The summed E-state index contributed by atoms with van der Waals surface area (Å²) in [5.74, 6) is 0.788. The largest absolute Gasteiger partial charge is 0.497 e. The number of carbonyl (C=O) groups excluding carboxylic acids is 1. The van der Waals surface area contributed by atoms with E-state index in [4.69, 9.17) is 9.47 Å². The van der Waals surface area contributed by atoms with Crippen LogP contribution in [0.1, 0.15) is 18.9 Å². The van der Waals surface area contributed by atoms with E-state index in [9.17, 15) is 4.79 Å². The molecule has 2 aromatic carbocycles. The fourth-order valence-corrected chi connectivity index (χ4v) is 2.57. The quantitative estimate of drug-likeness (QED) is 0.729. The summed E-state index contributed by atoms with van der Waals surface area (Å²) in [6, 6.07) is 15.6. The molecule has 1 amide bonds. The van der Waals surface area contributed by atoms with Crippen molar-refractivity contribution in [3.63, 3.8) is 0 Å². The first-order valence-corrected chi connectivity index (χ1v) is 8.39. The molecule has 0 aliphatic heterocycles. The molecule has 2 aromatic rings. The van der Waals surface area contributed by atoms with Crippen molar-refractivity contribution in [2.24, 2.45) is 0 Å². The molecule has 0 fully saturated rings. The molecule has 0 aliphatic carbocycles. The van der Waals surface area contributed by atoms with Crippen molar-refractivity contribution in [1.29, 1.82) is 0 Å². The molecule has 0 spiro atoms. The second-order valence-corrected chi connectivity index (χ2v) is 5.95. The van der Waals surface area contributed by atoms with Crippen LogP contribution in [0.4, 0.5) is 11.4 Å². The van der Waals surface area contributed by atoms with Crippen molar-refractivity contribution in [2.75, 3.05) is 31.5 Å². The van der Waals surface area contributed by atoms with Gasteiger partial charge in [0.15, 0.2) is 0 Å². The number of anilines is 2. The molecule has 134 valence electrons. The van der Waals surface area contributed by atoms with Gasteiger partial charge in [-0.25, -0.2) is 0 Å². The zero-order valence-corrected chi connectivity index (χ0v) is 15.0. The Kier molecular flexibility index (Phi) is 7.29. The van der Waals surface area contributed by atoms with E-state index in [1.807, 2.05) is 55.5 Å². The summed E-state index contributed by atoms with van der Waals surface area (Å²) >= 11 is 0. The summed E-state index contributed by atoms with van der Waals surface area (Å²) in [6.07, 6.45) is 1.08. The van der Waals surface area contributed by atoms with E-state index in [1.54, 1.807) is 14.2 Å². The molecule has 0 saturated heterocycles. The van der Waals surface area contributed by atoms with Gasteiger partial charge in [-0.2, -0.15) is 0 Å². The van der Waals surface area contributed by atoms with Gasteiger partial charge in [0.2, 0.25) is 5.91 Å². The van der Waals surface area contributed by atoms with Gasteiger partial charge in [0, 0.05) is 19.6 Å². The molecule has 0 bridgehead atoms. The van der Waals surface area contributed by atoms with Crippen LogP contribution in [0, 0.1) is 0 Å². The van der Waals surface area contributed by atoms with Crippen LogP contribution in [0.3, 0.4) is 0 Å². The Hall–Kier alpha value is -2.53. The third-order valence-corrected chi connectivity index (χ3v) is 3.79. The average molecular weight is 342 g/mol. The number of benzene rings is 2. The third-order valence-electron chi connectivity index (χ3n) is 3.79. The topological polar surface area (TPSA) is 59.6 Å². The van der Waals surface area contributed by atoms with Crippen LogP contribution in [0.2, 0.25) is 0 Å². The molecule has 5 heteroatoms. The summed E-state index contributed by atoms with van der Waals surface area (Å²) < 4.78 is 10.4. The summed E-state index contributed by atoms with van der Waals surface area (Å²) in [7, 11) is 3.31. The number of amides is 1. The number of nitrogens with one attached hydrogen (secondary N) is 2. The average Bonchev–Trinajstić information content (AvgIpc) is 2.62. The van der Waals surface area contributed by atoms with Crippen LogP contribution < -0.4 is 15.4 Å². The van der Waals surface area contributed by atoms with Crippen molar-refractivity contribution in [2.45, 2.75) is 25.8 Å². The minimum absolute atomic E-state index is 0.0172. The lowest BCUT2D eigenvalue weighted by Gasteiger charge is -2.17. The fourth-order valence-electron chi connectivity index (χ4n) is 2.57. The van der Waals surface area contributed by atoms with Crippen LogP contribution in [0.5, 0.6) is 5.75 Å². The van der Waals surface area contributed by atoms with Crippen molar-refractivity contribution in [3.05, 3.63) is 54.1 Å². The number of ether oxygens (including phenoxy) is 2. The summed E-state index contributed by atoms with van der Waals surface area (Å²) in [4.78, 5) is 12.3. The van der Waals surface area contributed by atoms with Crippen LogP contribution in [-0.2, 0) is 16.0 Å². The van der Waals surface area contributed by atoms with Crippen molar-refractivity contribution < 1.29 is 14.3 Å². The second-order valence-electron chi connectivity index (χ2n) is 5.95. The van der Waals surface area contributed by atoms with Gasteiger partial charge in [-0.05, 0) is 43.2 Å². The first-order valence-electron chi connectivity index (χ1n) is 8.39. The summed E-state index contributed by atoms with van der Waals surface area (Å²) in [6.45, 7) is 2.63. The van der Waals surface area contributed by atoms with Crippen LogP contribution >= 0.6 is 0 Å². The van der Waals surface area contributed by atoms with Gasteiger partial charge in [0.05, 0.1) is 25.1 Å². The Bertz CT molecular complexity index is 688. The number of aryl methyl sites for hydroxylation is 1. The third kappa shape index (κ3) is 6.12. The lowest BCUT2D eigenvalue weighted by molar-refractivity contribution is -0.116. The van der Waals surface area contributed by atoms with Gasteiger partial charge in [0.1, 0.15) is 5.75 Å². The van der Waals surface area contributed by atoms with E-state index in [-0.39, 0.29) is 11.9 Å². The summed E-state index contributed by atoms with van der Waals surface area (Å²) in [5.41, 5.74) is 2.75. The van der Waals surface area contributed by atoms with Gasteiger partial charge in [-0.15, -0.1) is 0 Å². The van der Waals surface area contributed by atoms with Crippen molar-refractivity contribution >= 4 is 17.3 Å². The van der Waals surface area contributed by atoms with Crippen molar-refractivity contribution in [3.8, 4) is 5.75 Å². The highest BCUT2D eigenvalue weighted by molar-refractivity contribution is 5.94. The lowest BCUT2D eigenvalue weighted by Crippen LogP contribution is -2.22. The van der Waals surface area contributed by atoms with E-state index in [0.717, 1.165) is 22.7 Å². The van der Waals surface area contributed by atoms with Gasteiger partial charge in [0.25, 0.3) is 0 Å². The minimum Gasteiger partial charge on any atom is -0.497 e. The van der Waals surface area contributed by atoms with Crippen LogP contribution in [0.15, 0.2) is 48.5 Å². The normalized spacial score (nSPS) is 11.6. The molecule has 5 nitrogen and oxygen atoms in total. The fraction of sp³-hybridized carbons (Fsp3) is 0.350. The van der Waals surface area contributed by atoms with E-state index in [2.05, 4.69) is 10.6 Å². The molecule has 2 rings (SSSR count). The Morgan fingerprint density at radius 3 is 2.56 bits per heavy atom. The molecule has 2 N–H and O–H groups in total. The highest BCUT2D eigenvalue weighted by Gasteiger charge is 2.09. The highest BCUT2D eigenvalue weighted by Crippen LogP contribution is 2.22. The van der Waals surface area contributed by atoms with E-state index >= 15 is 0 Å². The maximum Gasteiger partial charge on any atom is 0.224 e. The predicted molar refractivity (Wildman–Crippen MR) is 101 cm³/mol. The SMILES string of the molecule is COC[C@@H](C)Nc1ccccc1NC(=O)CCc1cccc(OC)c1. The van der Waals surface area contributed by atoms with Gasteiger partial charge in [-0.1, -0.05) is 24.3 Å². The van der Waals surface area contributed by atoms with Crippen molar-refractivity contribution in [1.82, 2.24) is 0 Å². The van der Waals surface area contributed by atoms with Gasteiger partial charge >= 0.3 is 0 Å². The standard InChI is InChI=1S/C20H26N2O3/c1-15(14-24-2)21-18-9-4-5-10-19(18)22-20(23)12-11-16-7-6-8-17(13-16)25-3/h4-10,13,15,21H,11-12,14H2,1-3H3,(H,22,23)/t15-/m1/s1.